The van der Waals surface area contributed by atoms with Crippen molar-refractivity contribution in [2.75, 3.05) is 19.7 Å². The fourth-order valence-electron chi connectivity index (χ4n) is 3.51. The summed E-state index contributed by atoms with van der Waals surface area (Å²) in [4.78, 5) is 57.9. The molecule has 4 atom stereocenters. The largest absolute Gasteiger partial charge is 0.508 e. The Hall–Kier alpha value is -4.64. The molecule has 0 heterocycles. The molecule has 17 heteroatoms. The van der Waals surface area contributed by atoms with E-state index in [1.165, 1.54) is 24.3 Å². The van der Waals surface area contributed by atoms with Gasteiger partial charge in [-0.05, 0) is 43.4 Å². The first-order chi connectivity index (χ1) is 19.3. The maximum Gasteiger partial charge on any atom is 0.326 e. The van der Waals surface area contributed by atoms with Crippen molar-refractivity contribution in [3.8, 4) is 5.75 Å². The van der Waals surface area contributed by atoms with Gasteiger partial charge in [-0.1, -0.05) is 12.1 Å². The third-order valence-corrected chi connectivity index (χ3v) is 5.69. The molecule has 0 aliphatic heterocycles. The van der Waals surface area contributed by atoms with Gasteiger partial charge in [0.05, 0.1) is 12.6 Å². The van der Waals surface area contributed by atoms with E-state index in [1.54, 1.807) is 0 Å². The average molecular weight is 581 g/mol. The summed E-state index contributed by atoms with van der Waals surface area (Å²) in [7, 11) is 0. The number of hydrogen-bond acceptors (Lipinski definition) is 9. The Bertz CT molecular complexity index is 1070. The van der Waals surface area contributed by atoms with E-state index < -0.39 is 54.5 Å². The predicted molar refractivity (Wildman–Crippen MR) is 150 cm³/mol. The minimum atomic E-state index is -1.46. The Kier molecular flexibility index (Phi) is 15.0. The summed E-state index contributed by atoms with van der Waals surface area (Å²) in [6.07, 6.45) is 0.708. The van der Waals surface area contributed by atoms with Gasteiger partial charge >= 0.3 is 5.97 Å². The van der Waals surface area contributed by atoms with Gasteiger partial charge in [0, 0.05) is 19.5 Å². The maximum absolute atomic E-state index is 13.1. The molecule has 3 amide bonds. The highest BCUT2D eigenvalue weighted by Crippen LogP contribution is 2.12. The molecule has 4 unspecified atom stereocenters. The summed E-state index contributed by atoms with van der Waals surface area (Å²) in [6.45, 7) is -0.425. The van der Waals surface area contributed by atoms with Crippen LogP contribution in [0.15, 0.2) is 34.3 Å². The smallest absolute Gasteiger partial charge is 0.326 e. The van der Waals surface area contributed by atoms with Gasteiger partial charge in [-0.2, -0.15) is 0 Å². The number of hydrogen-bond donors (Lipinski definition) is 11. The number of aliphatic hydroxyl groups excluding tert-OH is 1. The number of aliphatic imine (C=N–C) groups is 2. The lowest BCUT2D eigenvalue weighted by Crippen LogP contribution is -2.58. The van der Waals surface area contributed by atoms with Crippen LogP contribution in [0.4, 0.5) is 0 Å². The van der Waals surface area contributed by atoms with Gasteiger partial charge < -0.3 is 59.9 Å². The van der Waals surface area contributed by atoms with Crippen LogP contribution in [0.5, 0.6) is 5.75 Å². The maximum atomic E-state index is 13.1. The molecule has 0 aliphatic carbocycles. The molecule has 17 nitrogen and oxygen atoms in total. The lowest BCUT2D eigenvalue weighted by atomic mass is 10.0. The number of aromatic hydroxyl groups is 1. The number of nitrogens with two attached hydrogens (primary N) is 5. The monoisotopic (exact) mass is 580 g/mol. The number of carbonyl (C=O) groups is 4. The fraction of sp³-hybridized carbons (Fsp3) is 0.500. The second-order valence-corrected chi connectivity index (χ2v) is 9.08. The van der Waals surface area contributed by atoms with Crippen LogP contribution in [-0.2, 0) is 25.6 Å². The second-order valence-electron chi connectivity index (χ2n) is 9.08. The number of phenolic OH excluding ortho intramolecular Hbond substituents is 1. The molecular formula is C24H40N10O7. The van der Waals surface area contributed by atoms with Crippen LogP contribution in [0, 0.1) is 0 Å². The number of carbonyl (C=O) groups excluding carboxylic acids is 3. The Morgan fingerprint density at radius 1 is 0.756 bits per heavy atom. The zero-order chi connectivity index (χ0) is 30.9. The Balaban J connectivity index is 2.97. The molecular weight excluding hydrogens is 540 g/mol. The van der Waals surface area contributed by atoms with Crippen molar-refractivity contribution in [1.29, 1.82) is 0 Å². The molecule has 41 heavy (non-hydrogen) atoms. The summed E-state index contributed by atoms with van der Waals surface area (Å²) in [6, 6.07) is 0.652. The van der Waals surface area contributed by atoms with Crippen LogP contribution in [-0.4, -0.2) is 94.8 Å². The number of nitrogens with one attached hydrogen (secondary N) is 3. The molecule has 0 saturated carbocycles. The number of aliphatic carboxylic acids is 1. The Labute approximate surface area is 236 Å². The van der Waals surface area contributed by atoms with Gasteiger partial charge in [0.1, 0.15) is 23.9 Å². The van der Waals surface area contributed by atoms with Crippen molar-refractivity contribution in [3.05, 3.63) is 29.8 Å². The summed E-state index contributed by atoms with van der Waals surface area (Å²) in [5, 5.41) is 36.0. The van der Waals surface area contributed by atoms with E-state index in [0.29, 0.717) is 12.0 Å². The molecule has 0 radical (unpaired) electrons. The van der Waals surface area contributed by atoms with Crippen LogP contribution in [0.25, 0.3) is 0 Å². The van der Waals surface area contributed by atoms with Gasteiger partial charge in [0.2, 0.25) is 17.7 Å². The van der Waals surface area contributed by atoms with Gasteiger partial charge in [-0.25, -0.2) is 4.79 Å². The molecule has 228 valence electrons. The number of nitrogens with zero attached hydrogens (tertiary/aromatic N) is 2. The Morgan fingerprint density at radius 2 is 1.24 bits per heavy atom. The molecule has 0 fully saturated rings. The van der Waals surface area contributed by atoms with Crippen molar-refractivity contribution in [2.45, 2.75) is 56.3 Å². The lowest BCUT2D eigenvalue weighted by molar-refractivity contribution is -0.142. The van der Waals surface area contributed by atoms with Crippen LogP contribution < -0.4 is 44.6 Å². The zero-order valence-corrected chi connectivity index (χ0v) is 22.5. The van der Waals surface area contributed by atoms with E-state index in [-0.39, 0.29) is 56.4 Å². The average Bonchev–Trinajstić information content (AvgIpc) is 2.91. The van der Waals surface area contributed by atoms with E-state index in [0.717, 1.165) is 0 Å². The first-order valence-corrected chi connectivity index (χ1v) is 12.7. The minimum absolute atomic E-state index is 0.00583. The number of guanidine groups is 2. The molecule has 16 N–H and O–H groups in total. The summed E-state index contributed by atoms with van der Waals surface area (Å²) >= 11 is 0. The van der Waals surface area contributed by atoms with Crippen molar-refractivity contribution in [2.24, 2.45) is 38.7 Å². The molecule has 0 aromatic heterocycles. The topological polar surface area (TPSA) is 320 Å². The van der Waals surface area contributed by atoms with E-state index in [2.05, 4.69) is 25.9 Å². The second kappa shape index (κ2) is 17.9. The highest BCUT2D eigenvalue weighted by atomic mass is 16.4. The third-order valence-electron chi connectivity index (χ3n) is 5.69. The van der Waals surface area contributed by atoms with Gasteiger partial charge in [0.15, 0.2) is 11.9 Å². The highest BCUT2D eigenvalue weighted by Gasteiger charge is 2.30. The molecule has 1 rings (SSSR count). The predicted octanol–water partition coefficient (Wildman–Crippen LogP) is -4.10. The number of carboxylic acid groups (broad SMARTS) is 1. The third kappa shape index (κ3) is 13.8. The van der Waals surface area contributed by atoms with E-state index in [9.17, 15) is 34.5 Å². The van der Waals surface area contributed by atoms with Crippen LogP contribution in [0.3, 0.4) is 0 Å². The fourth-order valence-corrected chi connectivity index (χ4v) is 3.51. The Morgan fingerprint density at radius 3 is 1.76 bits per heavy atom. The molecule has 0 spiro atoms. The normalized spacial score (nSPS) is 13.5. The molecule has 0 bridgehead atoms. The number of aliphatic hydroxyl groups is 1. The highest BCUT2D eigenvalue weighted by molar-refractivity contribution is 5.94. The van der Waals surface area contributed by atoms with Crippen molar-refractivity contribution < 1.29 is 34.5 Å². The SMILES string of the molecule is NC(N)=NCCCC(N)C(=O)NC(CO)C(=O)NC(Cc1ccc(O)cc1)C(=O)NC(CCCN=C(N)N)C(=O)O. The standard InChI is InChI=1S/C24H40N10O7/c25-15(3-1-9-30-23(26)27)19(37)34-18(12-35)21(39)33-17(11-13-5-7-14(36)8-6-13)20(38)32-16(22(40)41)4-2-10-31-24(28)29/h5-8,15-18,35-36H,1-4,9-12,25H2,(H,32,38)(H,33,39)(H,34,37)(H,40,41)(H4,26,27,30)(H4,28,29,31). The number of rotatable bonds is 18. The van der Waals surface area contributed by atoms with Crippen LogP contribution in [0.2, 0.25) is 0 Å². The van der Waals surface area contributed by atoms with E-state index in [4.69, 9.17) is 28.7 Å². The quantitative estimate of drug-likeness (QED) is 0.0448. The van der Waals surface area contributed by atoms with E-state index >= 15 is 0 Å². The number of phenols is 1. The van der Waals surface area contributed by atoms with Crippen LogP contribution >= 0.6 is 0 Å². The number of amides is 3. The van der Waals surface area contributed by atoms with Crippen LogP contribution in [0.1, 0.15) is 31.2 Å². The molecule has 0 saturated heterocycles. The summed E-state index contributed by atoms with van der Waals surface area (Å²) < 4.78 is 0. The van der Waals surface area contributed by atoms with Gasteiger partial charge in [-0.15, -0.1) is 0 Å². The molecule has 1 aromatic rings. The summed E-state index contributed by atoms with van der Waals surface area (Å²) in [5.74, 6) is -4.07. The molecule has 1 aromatic carbocycles. The minimum Gasteiger partial charge on any atom is -0.508 e. The van der Waals surface area contributed by atoms with Crippen molar-refractivity contribution >= 4 is 35.6 Å². The number of benzene rings is 1. The lowest BCUT2D eigenvalue weighted by Gasteiger charge is -2.24. The van der Waals surface area contributed by atoms with Crippen molar-refractivity contribution in [1.82, 2.24) is 16.0 Å². The summed E-state index contributed by atoms with van der Waals surface area (Å²) in [5.41, 5.74) is 27.4. The van der Waals surface area contributed by atoms with Crippen molar-refractivity contribution in [3.63, 3.8) is 0 Å². The van der Waals surface area contributed by atoms with Gasteiger partial charge in [0.25, 0.3) is 0 Å². The zero-order valence-electron chi connectivity index (χ0n) is 22.5. The van der Waals surface area contributed by atoms with Gasteiger partial charge in [-0.3, -0.25) is 24.4 Å². The first kappa shape index (κ1) is 34.4. The molecule has 0 aliphatic rings. The number of carboxylic acids is 1. The van der Waals surface area contributed by atoms with E-state index in [1.807, 2.05) is 0 Å². The first-order valence-electron chi connectivity index (χ1n) is 12.7.